The number of methoxy groups -OCH3 is 1. The molecule has 1 atom stereocenters. The Morgan fingerprint density at radius 1 is 1.62 bits per heavy atom. The predicted octanol–water partition coefficient (Wildman–Crippen LogP) is 1.67. The lowest BCUT2D eigenvalue weighted by Gasteiger charge is -2.11. The van der Waals surface area contributed by atoms with Gasteiger partial charge in [0.25, 0.3) is 5.91 Å². The van der Waals surface area contributed by atoms with Crippen LogP contribution in [0, 0.1) is 17.1 Å². The Morgan fingerprint density at radius 3 is 2.88 bits per heavy atom. The van der Waals surface area contributed by atoms with Gasteiger partial charge in [-0.15, -0.1) is 0 Å². The molecule has 0 aliphatic carbocycles. The molecule has 0 bridgehead atoms. The van der Waals surface area contributed by atoms with Crippen molar-refractivity contribution >= 4 is 11.6 Å². The van der Waals surface area contributed by atoms with Gasteiger partial charge in [0.05, 0.1) is 11.3 Å². The van der Waals surface area contributed by atoms with Gasteiger partial charge < -0.3 is 10.1 Å². The van der Waals surface area contributed by atoms with Crippen molar-refractivity contribution in [2.24, 2.45) is 0 Å². The summed E-state index contributed by atoms with van der Waals surface area (Å²) in [5.41, 5.74) is 0.356. The van der Waals surface area contributed by atoms with E-state index < -0.39 is 11.9 Å². The molecule has 5 heteroatoms. The summed E-state index contributed by atoms with van der Waals surface area (Å²) in [5.74, 6) is -0.903. The average Bonchev–Trinajstić information content (AvgIpc) is 2.30. The third-order valence-electron chi connectivity index (χ3n) is 2.08. The van der Waals surface area contributed by atoms with Gasteiger partial charge in [0.2, 0.25) is 0 Å². The van der Waals surface area contributed by atoms with Gasteiger partial charge in [-0.05, 0) is 25.1 Å². The van der Waals surface area contributed by atoms with Crippen molar-refractivity contribution in [2.75, 3.05) is 12.4 Å². The maximum Gasteiger partial charge on any atom is 0.253 e. The van der Waals surface area contributed by atoms with E-state index in [0.717, 1.165) is 6.07 Å². The molecular weight excluding hydrogens is 211 g/mol. The second-order valence-corrected chi connectivity index (χ2v) is 3.17. The third-order valence-corrected chi connectivity index (χ3v) is 2.08. The first kappa shape index (κ1) is 12.1. The molecule has 0 saturated heterocycles. The molecule has 16 heavy (non-hydrogen) atoms. The first-order valence-corrected chi connectivity index (χ1v) is 4.61. The van der Waals surface area contributed by atoms with Gasteiger partial charge in [0, 0.05) is 7.11 Å². The van der Waals surface area contributed by atoms with E-state index >= 15 is 0 Å². The number of carbonyl (C=O) groups excluding carboxylic acids is 1. The number of hydrogen-bond acceptors (Lipinski definition) is 3. The summed E-state index contributed by atoms with van der Waals surface area (Å²) in [6.07, 6.45) is -0.628. The Labute approximate surface area is 92.6 Å². The number of amides is 1. The summed E-state index contributed by atoms with van der Waals surface area (Å²) in [7, 11) is 1.40. The number of nitrogens with zero attached hydrogens (tertiary/aromatic N) is 1. The predicted molar refractivity (Wildman–Crippen MR) is 56.2 cm³/mol. The van der Waals surface area contributed by atoms with Crippen molar-refractivity contribution in [3.63, 3.8) is 0 Å². The highest BCUT2D eigenvalue weighted by Crippen LogP contribution is 2.16. The highest BCUT2D eigenvalue weighted by Gasteiger charge is 2.13. The van der Waals surface area contributed by atoms with E-state index in [9.17, 15) is 9.18 Å². The molecular formula is C11H11FN2O2. The molecule has 0 spiro atoms. The maximum atomic E-state index is 12.8. The van der Waals surface area contributed by atoms with E-state index in [1.54, 1.807) is 13.0 Å². The molecule has 1 rings (SSSR count). The summed E-state index contributed by atoms with van der Waals surface area (Å²) in [6.45, 7) is 1.57. The summed E-state index contributed by atoms with van der Waals surface area (Å²) in [4.78, 5) is 11.5. The topological polar surface area (TPSA) is 62.1 Å². The van der Waals surface area contributed by atoms with Crippen molar-refractivity contribution < 1.29 is 13.9 Å². The largest absolute Gasteiger partial charge is 0.372 e. The molecule has 0 saturated carbocycles. The molecule has 0 aromatic heterocycles. The first-order valence-electron chi connectivity index (χ1n) is 4.61. The Balaban J connectivity index is 2.90. The van der Waals surface area contributed by atoms with E-state index in [2.05, 4.69) is 5.32 Å². The van der Waals surface area contributed by atoms with Crippen molar-refractivity contribution in [1.82, 2.24) is 0 Å². The number of hydrogen-bond donors (Lipinski definition) is 1. The van der Waals surface area contributed by atoms with Crippen LogP contribution in [0.4, 0.5) is 10.1 Å². The van der Waals surface area contributed by atoms with E-state index in [0.29, 0.717) is 0 Å². The second-order valence-electron chi connectivity index (χ2n) is 3.17. The van der Waals surface area contributed by atoms with Crippen LogP contribution in [-0.2, 0) is 9.53 Å². The van der Waals surface area contributed by atoms with Crippen LogP contribution in [-0.4, -0.2) is 19.1 Å². The zero-order valence-electron chi connectivity index (χ0n) is 8.95. The van der Waals surface area contributed by atoms with Gasteiger partial charge in [-0.1, -0.05) is 0 Å². The molecule has 1 unspecified atom stereocenters. The number of anilines is 1. The summed E-state index contributed by atoms with van der Waals surface area (Å²) < 4.78 is 17.6. The van der Waals surface area contributed by atoms with Crippen molar-refractivity contribution in [2.45, 2.75) is 13.0 Å². The SMILES string of the molecule is COC(C)C(=O)Nc1ccc(F)cc1C#N. The van der Waals surface area contributed by atoms with Crippen LogP contribution < -0.4 is 5.32 Å². The van der Waals surface area contributed by atoms with Gasteiger partial charge in [-0.25, -0.2) is 4.39 Å². The number of carbonyl (C=O) groups is 1. The minimum absolute atomic E-state index is 0.0802. The fourth-order valence-corrected chi connectivity index (χ4v) is 1.06. The smallest absolute Gasteiger partial charge is 0.253 e. The van der Waals surface area contributed by atoms with Crippen molar-refractivity contribution in [3.8, 4) is 6.07 Å². The number of benzene rings is 1. The Morgan fingerprint density at radius 2 is 2.31 bits per heavy atom. The first-order chi connectivity index (χ1) is 7.58. The second kappa shape index (κ2) is 5.24. The van der Waals surface area contributed by atoms with Gasteiger partial charge in [-0.2, -0.15) is 5.26 Å². The molecule has 0 heterocycles. The van der Waals surface area contributed by atoms with Gasteiger partial charge in [-0.3, -0.25) is 4.79 Å². The molecule has 1 aromatic rings. The van der Waals surface area contributed by atoms with Gasteiger partial charge in [0.1, 0.15) is 18.0 Å². The van der Waals surface area contributed by atoms with Crippen LogP contribution in [0.25, 0.3) is 0 Å². The van der Waals surface area contributed by atoms with Crippen LogP contribution in [0.1, 0.15) is 12.5 Å². The van der Waals surface area contributed by atoms with E-state index in [1.807, 2.05) is 0 Å². The molecule has 1 aromatic carbocycles. The Bertz CT molecular complexity index is 440. The van der Waals surface area contributed by atoms with Crippen LogP contribution in [0.15, 0.2) is 18.2 Å². The third kappa shape index (κ3) is 2.78. The fourth-order valence-electron chi connectivity index (χ4n) is 1.06. The summed E-state index contributed by atoms with van der Waals surface area (Å²) in [5, 5.41) is 11.2. The molecule has 1 N–H and O–H groups in total. The Kier molecular flexibility index (Phi) is 3.97. The lowest BCUT2D eigenvalue weighted by Crippen LogP contribution is -2.26. The zero-order valence-corrected chi connectivity index (χ0v) is 8.95. The van der Waals surface area contributed by atoms with Crippen LogP contribution >= 0.6 is 0 Å². The number of nitrogens with one attached hydrogen (secondary N) is 1. The van der Waals surface area contributed by atoms with E-state index in [4.69, 9.17) is 10.00 Å². The lowest BCUT2D eigenvalue weighted by atomic mass is 10.2. The maximum absolute atomic E-state index is 12.8. The summed E-state index contributed by atoms with van der Waals surface area (Å²) in [6, 6.07) is 5.38. The van der Waals surface area contributed by atoms with Crippen LogP contribution in [0.3, 0.4) is 0 Å². The minimum atomic E-state index is -0.628. The molecule has 0 aliphatic heterocycles. The average molecular weight is 222 g/mol. The normalized spacial score (nSPS) is 11.6. The number of ether oxygens (including phenoxy) is 1. The van der Waals surface area contributed by atoms with Gasteiger partial charge >= 0.3 is 0 Å². The zero-order chi connectivity index (χ0) is 12.1. The highest BCUT2D eigenvalue weighted by molar-refractivity contribution is 5.95. The minimum Gasteiger partial charge on any atom is -0.372 e. The van der Waals surface area contributed by atoms with E-state index in [1.165, 1.54) is 19.2 Å². The number of rotatable bonds is 3. The molecule has 1 amide bonds. The van der Waals surface area contributed by atoms with E-state index in [-0.39, 0.29) is 17.2 Å². The van der Waals surface area contributed by atoms with Gasteiger partial charge in [0.15, 0.2) is 0 Å². The van der Waals surface area contributed by atoms with Crippen molar-refractivity contribution in [1.29, 1.82) is 5.26 Å². The Hall–Kier alpha value is -1.93. The van der Waals surface area contributed by atoms with Crippen LogP contribution in [0.5, 0.6) is 0 Å². The number of halogens is 1. The van der Waals surface area contributed by atoms with Crippen LogP contribution in [0.2, 0.25) is 0 Å². The monoisotopic (exact) mass is 222 g/mol. The lowest BCUT2D eigenvalue weighted by molar-refractivity contribution is -0.124. The molecule has 0 aliphatic rings. The molecule has 0 radical (unpaired) electrons. The summed E-state index contributed by atoms with van der Waals surface area (Å²) >= 11 is 0. The standard InChI is InChI=1S/C11H11FN2O2/c1-7(16-2)11(15)14-10-4-3-9(12)5-8(10)6-13/h3-5,7H,1-2H3,(H,14,15). The fraction of sp³-hybridized carbons (Fsp3) is 0.273. The molecule has 4 nitrogen and oxygen atoms in total. The quantitative estimate of drug-likeness (QED) is 0.846. The molecule has 84 valence electrons. The number of nitriles is 1. The van der Waals surface area contributed by atoms with Crippen molar-refractivity contribution in [3.05, 3.63) is 29.6 Å². The highest BCUT2D eigenvalue weighted by atomic mass is 19.1. The molecule has 0 fully saturated rings.